The van der Waals surface area contributed by atoms with Crippen LogP contribution in [0.4, 0.5) is 10.1 Å². The molecule has 1 fully saturated rings. The van der Waals surface area contributed by atoms with Crippen LogP contribution in [0.25, 0.3) is 0 Å². The third-order valence-electron chi connectivity index (χ3n) is 3.76. The van der Waals surface area contributed by atoms with Gasteiger partial charge in [0.25, 0.3) is 0 Å². The van der Waals surface area contributed by atoms with Gasteiger partial charge in [0.1, 0.15) is 5.82 Å². The number of anilines is 1. The van der Waals surface area contributed by atoms with Crippen LogP contribution in [0.5, 0.6) is 0 Å². The number of halogens is 1. The highest BCUT2D eigenvalue weighted by atomic mass is 19.1. The first-order chi connectivity index (χ1) is 8.97. The second-order valence-electron chi connectivity index (χ2n) is 5.11. The van der Waals surface area contributed by atoms with Crippen molar-refractivity contribution in [1.82, 2.24) is 0 Å². The Balaban J connectivity index is 2.25. The minimum Gasteiger partial charge on any atom is -0.388 e. The zero-order chi connectivity index (χ0) is 14.0. The topological polar surface area (TPSA) is 66.6 Å². The number of hydrogen-bond donors (Lipinski definition) is 2. The van der Waals surface area contributed by atoms with Gasteiger partial charge in [0.05, 0.1) is 16.9 Å². The number of carbonyl (C=O) groups is 1. The van der Waals surface area contributed by atoms with E-state index in [1.54, 1.807) is 12.1 Å². The van der Waals surface area contributed by atoms with Crippen LogP contribution in [0.3, 0.4) is 0 Å². The number of benzene rings is 1. The summed E-state index contributed by atoms with van der Waals surface area (Å²) in [5.41, 5.74) is 5.44. The first kappa shape index (κ1) is 14.0. The normalized spacial score (nSPS) is 18.4. The average molecular weight is 266 g/mol. The Labute approximate surface area is 112 Å². The molecule has 0 radical (unpaired) electrons. The van der Waals surface area contributed by atoms with E-state index < -0.39 is 11.4 Å². The van der Waals surface area contributed by atoms with Crippen molar-refractivity contribution in [3.63, 3.8) is 0 Å². The monoisotopic (exact) mass is 266 g/mol. The van der Waals surface area contributed by atoms with Gasteiger partial charge in [-0.1, -0.05) is 6.07 Å². The van der Waals surface area contributed by atoms with Crippen LogP contribution in [0.1, 0.15) is 30.1 Å². The largest absolute Gasteiger partial charge is 0.388 e. The van der Waals surface area contributed by atoms with E-state index in [-0.39, 0.29) is 17.9 Å². The molecule has 19 heavy (non-hydrogen) atoms. The molecule has 1 saturated heterocycles. The molecule has 1 aliphatic heterocycles. The lowest BCUT2D eigenvalue weighted by Gasteiger charge is -2.39. The first-order valence-electron chi connectivity index (χ1n) is 6.44. The number of ketones is 1. The molecule has 1 aromatic rings. The Kier molecular flexibility index (Phi) is 3.87. The molecule has 0 bridgehead atoms. The van der Waals surface area contributed by atoms with Gasteiger partial charge in [0.15, 0.2) is 5.78 Å². The van der Waals surface area contributed by atoms with Crippen LogP contribution in [-0.4, -0.2) is 36.1 Å². The van der Waals surface area contributed by atoms with Crippen LogP contribution in [0, 0.1) is 5.82 Å². The van der Waals surface area contributed by atoms with Crippen molar-refractivity contribution < 1.29 is 14.3 Å². The number of rotatable bonds is 3. The summed E-state index contributed by atoms with van der Waals surface area (Å²) in [7, 11) is 0. The van der Waals surface area contributed by atoms with Crippen LogP contribution in [-0.2, 0) is 0 Å². The second kappa shape index (κ2) is 5.27. The number of nitrogens with two attached hydrogens (primary N) is 1. The van der Waals surface area contributed by atoms with E-state index in [0.29, 0.717) is 31.6 Å². The predicted molar refractivity (Wildman–Crippen MR) is 71.9 cm³/mol. The summed E-state index contributed by atoms with van der Waals surface area (Å²) < 4.78 is 13.8. The summed E-state index contributed by atoms with van der Waals surface area (Å²) in [6.45, 7) is 2.72. The van der Waals surface area contributed by atoms with E-state index in [1.165, 1.54) is 13.0 Å². The summed E-state index contributed by atoms with van der Waals surface area (Å²) in [5, 5.41) is 10.1. The molecule has 5 heteroatoms. The summed E-state index contributed by atoms with van der Waals surface area (Å²) in [6, 6.07) is 4.63. The van der Waals surface area contributed by atoms with Gasteiger partial charge in [-0.2, -0.15) is 0 Å². The molecule has 0 saturated carbocycles. The van der Waals surface area contributed by atoms with Crippen molar-refractivity contribution in [2.75, 3.05) is 24.5 Å². The van der Waals surface area contributed by atoms with Crippen molar-refractivity contribution in [2.45, 2.75) is 25.4 Å². The number of carbonyl (C=O) groups excluding carboxylic acids is 1. The van der Waals surface area contributed by atoms with Crippen LogP contribution in [0.15, 0.2) is 18.2 Å². The maximum Gasteiger partial charge on any atom is 0.164 e. The molecule has 0 amide bonds. The molecule has 0 aromatic heterocycles. The molecule has 0 aliphatic carbocycles. The lowest BCUT2D eigenvalue weighted by atomic mass is 9.91. The summed E-state index contributed by atoms with van der Waals surface area (Å²) >= 11 is 0. The third-order valence-corrected chi connectivity index (χ3v) is 3.76. The maximum atomic E-state index is 13.8. The maximum absolute atomic E-state index is 13.8. The fourth-order valence-corrected chi connectivity index (χ4v) is 2.49. The van der Waals surface area contributed by atoms with Gasteiger partial charge in [-0.25, -0.2) is 4.39 Å². The van der Waals surface area contributed by atoms with Gasteiger partial charge in [-0.15, -0.1) is 0 Å². The average Bonchev–Trinajstić information content (AvgIpc) is 2.39. The zero-order valence-corrected chi connectivity index (χ0v) is 11.0. The zero-order valence-electron chi connectivity index (χ0n) is 11.0. The Morgan fingerprint density at radius 3 is 2.63 bits per heavy atom. The van der Waals surface area contributed by atoms with Crippen molar-refractivity contribution >= 4 is 11.5 Å². The highest BCUT2D eigenvalue weighted by molar-refractivity contribution is 6.00. The van der Waals surface area contributed by atoms with E-state index >= 15 is 0 Å². The quantitative estimate of drug-likeness (QED) is 0.810. The molecule has 0 unspecified atom stereocenters. The van der Waals surface area contributed by atoms with Gasteiger partial charge < -0.3 is 15.7 Å². The molecule has 4 nitrogen and oxygen atoms in total. The molecule has 0 spiro atoms. The highest BCUT2D eigenvalue weighted by Gasteiger charge is 2.32. The van der Waals surface area contributed by atoms with E-state index in [2.05, 4.69) is 0 Å². The van der Waals surface area contributed by atoms with Crippen LogP contribution in [0.2, 0.25) is 0 Å². The lowest BCUT2D eigenvalue weighted by molar-refractivity contribution is 0.0250. The van der Waals surface area contributed by atoms with Gasteiger partial charge in [-0.05, 0) is 31.9 Å². The van der Waals surface area contributed by atoms with Crippen LogP contribution >= 0.6 is 0 Å². The number of Topliss-reactive ketones (excluding diaryl/α,β-unsaturated/α-hetero) is 1. The predicted octanol–water partition coefficient (Wildman–Crippen LogP) is 1.32. The molecule has 1 aliphatic rings. The Morgan fingerprint density at radius 2 is 2.11 bits per heavy atom. The number of aliphatic hydroxyl groups is 1. The fraction of sp³-hybridized carbons (Fsp3) is 0.500. The van der Waals surface area contributed by atoms with E-state index in [1.807, 2.05) is 4.90 Å². The molecule has 0 atom stereocenters. The summed E-state index contributed by atoms with van der Waals surface area (Å²) in [5.74, 6) is -0.780. The number of hydrogen-bond acceptors (Lipinski definition) is 4. The van der Waals surface area contributed by atoms with Crippen molar-refractivity contribution in [1.29, 1.82) is 0 Å². The number of piperidine rings is 1. The van der Waals surface area contributed by atoms with Gasteiger partial charge in [0.2, 0.25) is 0 Å². The van der Waals surface area contributed by atoms with E-state index in [0.717, 1.165) is 0 Å². The SMILES string of the molecule is CC(=O)c1c(F)cccc1N1CCC(O)(CN)CC1. The second-order valence-corrected chi connectivity index (χ2v) is 5.11. The van der Waals surface area contributed by atoms with Gasteiger partial charge in [-0.3, -0.25) is 4.79 Å². The van der Waals surface area contributed by atoms with Crippen molar-refractivity contribution in [3.05, 3.63) is 29.6 Å². The summed E-state index contributed by atoms with van der Waals surface area (Å²) in [6.07, 6.45) is 1.05. The van der Waals surface area contributed by atoms with Crippen molar-refractivity contribution in [3.8, 4) is 0 Å². The Morgan fingerprint density at radius 1 is 1.47 bits per heavy atom. The Hall–Kier alpha value is -1.46. The van der Waals surface area contributed by atoms with Crippen LogP contribution < -0.4 is 10.6 Å². The minimum absolute atomic E-state index is 0.126. The highest BCUT2D eigenvalue weighted by Crippen LogP contribution is 2.29. The van der Waals surface area contributed by atoms with E-state index in [4.69, 9.17) is 5.73 Å². The van der Waals surface area contributed by atoms with E-state index in [9.17, 15) is 14.3 Å². The molecule has 2 rings (SSSR count). The fourth-order valence-electron chi connectivity index (χ4n) is 2.49. The molecule has 1 aromatic carbocycles. The number of nitrogens with zero attached hydrogens (tertiary/aromatic N) is 1. The molecular weight excluding hydrogens is 247 g/mol. The molecule has 104 valence electrons. The first-order valence-corrected chi connectivity index (χ1v) is 6.44. The van der Waals surface area contributed by atoms with Gasteiger partial charge in [0, 0.05) is 19.6 Å². The van der Waals surface area contributed by atoms with Gasteiger partial charge >= 0.3 is 0 Å². The standard InChI is InChI=1S/C14H19FN2O2/c1-10(18)13-11(15)3-2-4-12(13)17-7-5-14(19,9-16)6-8-17/h2-4,19H,5-9,16H2,1H3. The van der Waals surface area contributed by atoms with Crippen molar-refractivity contribution in [2.24, 2.45) is 5.73 Å². The lowest BCUT2D eigenvalue weighted by Crippen LogP contribution is -2.49. The Bertz CT molecular complexity index is 482. The molecule has 3 N–H and O–H groups in total. The summed E-state index contributed by atoms with van der Waals surface area (Å²) in [4.78, 5) is 13.5. The minimum atomic E-state index is -0.833. The third kappa shape index (κ3) is 2.77. The smallest absolute Gasteiger partial charge is 0.164 e. The molecule has 1 heterocycles. The molecular formula is C14H19FN2O2.